The molecule has 19 heavy (non-hydrogen) atoms. The van der Waals surface area contributed by atoms with E-state index < -0.39 is 0 Å². The summed E-state index contributed by atoms with van der Waals surface area (Å²) < 4.78 is 0. The SMILES string of the molecule is NC1CCN(CC(=O)NC2CCN(C3CC3)C2)CC1. The maximum Gasteiger partial charge on any atom is 0.234 e. The van der Waals surface area contributed by atoms with Crippen molar-refractivity contribution < 1.29 is 4.79 Å². The Morgan fingerprint density at radius 1 is 1.11 bits per heavy atom. The van der Waals surface area contributed by atoms with Crippen LogP contribution in [0.4, 0.5) is 0 Å². The van der Waals surface area contributed by atoms with Crippen LogP contribution in [0.3, 0.4) is 0 Å². The van der Waals surface area contributed by atoms with E-state index in [1.165, 1.54) is 12.8 Å². The summed E-state index contributed by atoms with van der Waals surface area (Å²) in [6.45, 7) is 4.70. The number of hydrogen-bond donors (Lipinski definition) is 2. The molecule has 0 aromatic carbocycles. The van der Waals surface area contributed by atoms with Crippen LogP contribution in [0.25, 0.3) is 0 Å². The fourth-order valence-electron chi connectivity index (χ4n) is 3.26. The molecule has 108 valence electrons. The van der Waals surface area contributed by atoms with E-state index in [1.807, 2.05) is 0 Å². The Bertz CT molecular complexity index is 323. The largest absolute Gasteiger partial charge is 0.351 e. The van der Waals surface area contributed by atoms with Crippen LogP contribution in [0.1, 0.15) is 32.1 Å². The summed E-state index contributed by atoms with van der Waals surface area (Å²) in [5.74, 6) is 0.193. The lowest BCUT2D eigenvalue weighted by Crippen LogP contribution is -2.47. The Morgan fingerprint density at radius 3 is 2.53 bits per heavy atom. The monoisotopic (exact) mass is 266 g/mol. The molecular weight excluding hydrogens is 240 g/mol. The third-order valence-corrected chi connectivity index (χ3v) is 4.65. The molecule has 0 aromatic rings. The fourth-order valence-corrected chi connectivity index (χ4v) is 3.26. The molecule has 2 saturated heterocycles. The van der Waals surface area contributed by atoms with E-state index in [0.717, 1.165) is 51.5 Å². The predicted octanol–water partition coefficient (Wildman–Crippen LogP) is -0.238. The van der Waals surface area contributed by atoms with Gasteiger partial charge in [0, 0.05) is 44.3 Å². The molecule has 5 nitrogen and oxygen atoms in total. The Labute approximate surface area is 115 Å². The average molecular weight is 266 g/mol. The summed E-state index contributed by atoms with van der Waals surface area (Å²) in [6, 6.07) is 1.53. The maximum atomic E-state index is 12.0. The minimum Gasteiger partial charge on any atom is -0.351 e. The molecule has 5 heteroatoms. The first-order chi connectivity index (χ1) is 9.20. The van der Waals surface area contributed by atoms with Crippen molar-refractivity contribution in [2.75, 3.05) is 32.7 Å². The molecule has 1 atom stereocenters. The molecule has 1 unspecified atom stereocenters. The first-order valence-corrected chi connectivity index (χ1v) is 7.72. The third kappa shape index (κ3) is 3.68. The summed E-state index contributed by atoms with van der Waals surface area (Å²) in [6.07, 6.45) is 5.87. The summed E-state index contributed by atoms with van der Waals surface area (Å²) in [5.41, 5.74) is 5.88. The van der Waals surface area contributed by atoms with Crippen molar-refractivity contribution in [3.05, 3.63) is 0 Å². The van der Waals surface area contributed by atoms with Crippen LogP contribution in [0.5, 0.6) is 0 Å². The van der Waals surface area contributed by atoms with Crippen molar-refractivity contribution in [3.8, 4) is 0 Å². The van der Waals surface area contributed by atoms with E-state index in [0.29, 0.717) is 18.6 Å². The van der Waals surface area contributed by atoms with Crippen molar-refractivity contribution in [3.63, 3.8) is 0 Å². The number of hydrogen-bond acceptors (Lipinski definition) is 4. The molecule has 0 spiro atoms. The van der Waals surface area contributed by atoms with Gasteiger partial charge in [0.15, 0.2) is 0 Å². The topological polar surface area (TPSA) is 61.6 Å². The number of nitrogens with two attached hydrogens (primary N) is 1. The van der Waals surface area contributed by atoms with Crippen LogP contribution < -0.4 is 11.1 Å². The van der Waals surface area contributed by atoms with Gasteiger partial charge in [0.1, 0.15) is 0 Å². The number of likely N-dealkylation sites (tertiary alicyclic amines) is 2. The second-order valence-corrected chi connectivity index (χ2v) is 6.39. The van der Waals surface area contributed by atoms with Crippen molar-refractivity contribution in [1.29, 1.82) is 0 Å². The van der Waals surface area contributed by atoms with E-state index in [-0.39, 0.29) is 5.91 Å². The van der Waals surface area contributed by atoms with Gasteiger partial charge in [-0.2, -0.15) is 0 Å². The second kappa shape index (κ2) is 5.77. The van der Waals surface area contributed by atoms with Crippen molar-refractivity contribution in [1.82, 2.24) is 15.1 Å². The van der Waals surface area contributed by atoms with Crippen molar-refractivity contribution >= 4 is 5.91 Å². The normalized spacial score (nSPS) is 30.7. The Hall–Kier alpha value is -0.650. The first-order valence-electron chi connectivity index (χ1n) is 7.72. The van der Waals surface area contributed by atoms with E-state index in [1.54, 1.807) is 0 Å². The standard InChI is InChI=1S/C14H26N4O/c15-11-3-6-17(7-4-11)10-14(19)16-12-5-8-18(9-12)13-1-2-13/h11-13H,1-10,15H2,(H,16,19). The van der Waals surface area contributed by atoms with Crippen LogP contribution in [-0.4, -0.2) is 66.6 Å². The molecular formula is C14H26N4O. The van der Waals surface area contributed by atoms with E-state index >= 15 is 0 Å². The van der Waals surface area contributed by atoms with Gasteiger partial charge in [0.2, 0.25) is 5.91 Å². The van der Waals surface area contributed by atoms with Gasteiger partial charge in [-0.3, -0.25) is 14.6 Å². The molecule has 0 bridgehead atoms. The lowest BCUT2D eigenvalue weighted by atomic mass is 10.1. The molecule has 2 aliphatic heterocycles. The lowest BCUT2D eigenvalue weighted by Gasteiger charge is -2.29. The molecule has 0 aromatic heterocycles. The molecule has 3 rings (SSSR count). The number of piperidine rings is 1. The smallest absolute Gasteiger partial charge is 0.234 e. The van der Waals surface area contributed by atoms with E-state index in [9.17, 15) is 4.79 Å². The van der Waals surface area contributed by atoms with Crippen LogP contribution in [-0.2, 0) is 4.79 Å². The quantitative estimate of drug-likeness (QED) is 0.737. The molecule has 3 fully saturated rings. The van der Waals surface area contributed by atoms with Gasteiger partial charge in [-0.05, 0) is 32.1 Å². The van der Waals surface area contributed by atoms with Crippen LogP contribution in [0.15, 0.2) is 0 Å². The number of nitrogens with zero attached hydrogens (tertiary/aromatic N) is 2. The van der Waals surface area contributed by atoms with Gasteiger partial charge in [0.05, 0.1) is 6.54 Å². The minimum atomic E-state index is 0.193. The number of nitrogens with one attached hydrogen (secondary N) is 1. The maximum absolute atomic E-state index is 12.0. The third-order valence-electron chi connectivity index (χ3n) is 4.65. The Kier molecular flexibility index (Phi) is 4.05. The van der Waals surface area contributed by atoms with Crippen LogP contribution in [0, 0.1) is 0 Å². The zero-order valence-corrected chi connectivity index (χ0v) is 11.7. The molecule has 2 heterocycles. The van der Waals surface area contributed by atoms with Crippen molar-refractivity contribution in [2.45, 2.75) is 50.2 Å². The van der Waals surface area contributed by atoms with Gasteiger partial charge < -0.3 is 11.1 Å². The van der Waals surface area contributed by atoms with Gasteiger partial charge in [-0.25, -0.2) is 0 Å². The zero-order chi connectivity index (χ0) is 13.2. The molecule has 1 amide bonds. The van der Waals surface area contributed by atoms with Gasteiger partial charge in [-0.1, -0.05) is 0 Å². The number of amides is 1. The number of rotatable bonds is 4. The highest BCUT2D eigenvalue weighted by Gasteiger charge is 2.34. The van der Waals surface area contributed by atoms with Gasteiger partial charge >= 0.3 is 0 Å². The second-order valence-electron chi connectivity index (χ2n) is 6.39. The number of carbonyl (C=O) groups excluding carboxylic acids is 1. The molecule has 1 saturated carbocycles. The highest BCUT2D eigenvalue weighted by Crippen LogP contribution is 2.29. The van der Waals surface area contributed by atoms with Gasteiger partial charge in [0.25, 0.3) is 0 Å². The number of carbonyl (C=O) groups is 1. The summed E-state index contributed by atoms with van der Waals surface area (Å²) in [4.78, 5) is 16.8. The highest BCUT2D eigenvalue weighted by molar-refractivity contribution is 5.78. The Balaban J connectivity index is 1.37. The summed E-state index contributed by atoms with van der Waals surface area (Å²) in [7, 11) is 0. The minimum absolute atomic E-state index is 0.193. The van der Waals surface area contributed by atoms with E-state index in [2.05, 4.69) is 15.1 Å². The molecule has 3 aliphatic rings. The van der Waals surface area contributed by atoms with Crippen molar-refractivity contribution in [2.24, 2.45) is 5.73 Å². The fraction of sp³-hybridized carbons (Fsp3) is 0.929. The van der Waals surface area contributed by atoms with Gasteiger partial charge in [-0.15, -0.1) is 0 Å². The highest BCUT2D eigenvalue weighted by atomic mass is 16.2. The predicted molar refractivity (Wildman–Crippen MR) is 74.8 cm³/mol. The molecule has 1 aliphatic carbocycles. The zero-order valence-electron chi connectivity index (χ0n) is 11.7. The average Bonchev–Trinajstić information content (AvgIpc) is 3.14. The molecule has 3 N–H and O–H groups in total. The summed E-state index contributed by atoms with van der Waals surface area (Å²) in [5, 5.41) is 3.20. The lowest BCUT2D eigenvalue weighted by molar-refractivity contribution is -0.123. The van der Waals surface area contributed by atoms with Crippen LogP contribution in [0.2, 0.25) is 0 Å². The molecule has 0 radical (unpaired) electrons. The Morgan fingerprint density at radius 2 is 1.84 bits per heavy atom. The van der Waals surface area contributed by atoms with Crippen LogP contribution >= 0.6 is 0 Å². The van der Waals surface area contributed by atoms with E-state index in [4.69, 9.17) is 5.73 Å². The first kappa shape index (κ1) is 13.3. The summed E-state index contributed by atoms with van der Waals surface area (Å²) >= 11 is 0.